The Hall–Kier alpha value is -0.120. The molecule has 0 aromatic carbocycles. The fraction of sp³-hybridized carbons (Fsp3) is 1.00. The van der Waals surface area contributed by atoms with E-state index in [0.717, 1.165) is 32.0 Å². The number of hydrogen-bond donors (Lipinski definition) is 1. The van der Waals surface area contributed by atoms with E-state index in [1.807, 2.05) is 0 Å². The van der Waals surface area contributed by atoms with Gasteiger partial charge in [0.2, 0.25) is 0 Å². The Morgan fingerprint density at radius 3 is 2.33 bits per heavy atom. The smallest absolute Gasteiger partial charge is 0.0568 e. The van der Waals surface area contributed by atoms with Gasteiger partial charge in [-0.1, -0.05) is 20.3 Å². The van der Waals surface area contributed by atoms with E-state index in [1.165, 1.54) is 25.8 Å². The minimum atomic E-state index is -0.0280. The summed E-state index contributed by atoms with van der Waals surface area (Å²) in [5.74, 6) is 1.28. The highest BCUT2D eigenvalue weighted by atomic mass is 16.3. The molecule has 1 saturated carbocycles. The molecule has 108 valence electrons. The largest absolute Gasteiger partial charge is 0.393 e. The zero-order chi connectivity index (χ0) is 13.5. The van der Waals surface area contributed by atoms with E-state index in [2.05, 4.69) is 37.7 Å². The SMILES string of the molecule is CC(C)CN(CCC1CCCC1O)CCN(C)C. The van der Waals surface area contributed by atoms with E-state index >= 15 is 0 Å². The third-order valence-electron chi connectivity index (χ3n) is 3.92. The van der Waals surface area contributed by atoms with Crippen LogP contribution in [0.15, 0.2) is 0 Å². The molecule has 1 aliphatic carbocycles. The molecule has 3 nitrogen and oxygen atoms in total. The molecule has 2 unspecified atom stereocenters. The standard InChI is InChI=1S/C15H32N2O/c1-13(2)12-17(11-10-16(3)4)9-8-14-6-5-7-15(14)18/h13-15,18H,5-12H2,1-4H3. The van der Waals surface area contributed by atoms with Crippen LogP contribution < -0.4 is 0 Å². The molecule has 0 spiro atoms. The fourth-order valence-electron chi connectivity index (χ4n) is 2.85. The molecule has 0 aromatic heterocycles. The van der Waals surface area contributed by atoms with Gasteiger partial charge in [0.05, 0.1) is 6.10 Å². The minimum Gasteiger partial charge on any atom is -0.393 e. The van der Waals surface area contributed by atoms with Crippen LogP contribution in [-0.4, -0.2) is 61.3 Å². The van der Waals surface area contributed by atoms with Crippen molar-refractivity contribution in [1.82, 2.24) is 9.80 Å². The molecule has 1 aliphatic rings. The lowest BCUT2D eigenvalue weighted by Gasteiger charge is -2.27. The molecule has 0 radical (unpaired) electrons. The lowest BCUT2D eigenvalue weighted by molar-refractivity contribution is 0.114. The number of aliphatic hydroxyl groups excluding tert-OH is 1. The molecule has 18 heavy (non-hydrogen) atoms. The van der Waals surface area contributed by atoms with Crippen LogP contribution in [0, 0.1) is 11.8 Å². The van der Waals surface area contributed by atoms with Crippen molar-refractivity contribution >= 4 is 0 Å². The highest BCUT2D eigenvalue weighted by Crippen LogP contribution is 2.28. The van der Waals surface area contributed by atoms with Crippen LogP contribution in [0.3, 0.4) is 0 Å². The minimum absolute atomic E-state index is 0.0280. The molecule has 1 fully saturated rings. The molecule has 0 aromatic rings. The van der Waals surface area contributed by atoms with Gasteiger partial charge >= 0.3 is 0 Å². The summed E-state index contributed by atoms with van der Waals surface area (Å²) >= 11 is 0. The number of aliphatic hydroxyl groups is 1. The average Bonchev–Trinajstić information content (AvgIpc) is 2.67. The van der Waals surface area contributed by atoms with Crippen LogP contribution >= 0.6 is 0 Å². The summed E-state index contributed by atoms with van der Waals surface area (Å²) in [4.78, 5) is 4.81. The van der Waals surface area contributed by atoms with Gasteiger partial charge in [0.1, 0.15) is 0 Å². The second kappa shape index (κ2) is 8.13. The molecular formula is C15H32N2O. The molecule has 1 rings (SSSR count). The van der Waals surface area contributed by atoms with Crippen molar-refractivity contribution in [3.8, 4) is 0 Å². The summed E-state index contributed by atoms with van der Waals surface area (Å²) in [6.07, 6.45) is 4.60. The van der Waals surface area contributed by atoms with Crippen molar-refractivity contribution in [2.45, 2.75) is 45.6 Å². The fourth-order valence-corrected chi connectivity index (χ4v) is 2.85. The first-order valence-electron chi connectivity index (χ1n) is 7.54. The van der Waals surface area contributed by atoms with Crippen LogP contribution in [0.4, 0.5) is 0 Å². The van der Waals surface area contributed by atoms with Crippen molar-refractivity contribution in [2.75, 3.05) is 40.3 Å². The summed E-state index contributed by atoms with van der Waals surface area (Å²) < 4.78 is 0. The molecule has 0 saturated heterocycles. The summed E-state index contributed by atoms with van der Waals surface area (Å²) in [5, 5.41) is 9.88. The number of nitrogens with zero attached hydrogens (tertiary/aromatic N) is 2. The predicted molar refractivity (Wildman–Crippen MR) is 77.8 cm³/mol. The lowest BCUT2D eigenvalue weighted by atomic mass is 10.0. The second-order valence-corrected chi connectivity index (χ2v) is 6.54. The maximum Gasteiger partial charge on any atom is 0.0568 e. The summed E-state index contributed by atoms with van der Waals surface area (Å²) in [7, 11) is 4.27. The number of rotatable bonds is 8. The van der Waals surface area contributed by atoms with Gasteiger partial charge in [0, 0.05) is 19.6 Å². The van der Waals surface area contributed by atoms with E-state index in [4.69, 9.17) is 0 Å². The highest BCUT2D eigenvalue weighted by molar-refractivity contribution is 4.78. The zero-order valence-corrected chi connectivity index (χ0v) is 12.7. The van der Waals surface area contributed by atoms with Gasteiger partial charge in [0.15, 0.2) is 0 Å². The second-order valence-electron chi connectivity index (χ2n) is 6.54. The van der Waals surface area contributed by atoms with Crippen molar-refractivity contribution < 1.29 is 5.11 Å². The van der Waals surface area contributed by atoms with Gasteiger partial charge in [-0.2, -0.15) is 0 Å². The van der Waals surface area contributed by atoms with Crippen LogP contribution in [0.25, 0.3) is 0 Å². The first-order chi connectivity index (χ1) is 8.49. The molecule has 0 heterocycles. The Bertz CT molecular complexity index is 219. The van der Waals surface area contributed by atoms with Gasteiger partial charge < -0.3 is 14.9 Å². The van der Waals surface area contributed by atoms with Crippen LogP contribution in [0.5, 0.6) is 0 Å². The van der Waals surface area contributed by atoms with E-state index < -0.39 is 0 Å². The predicted octanol–water partition coefficient (Wildman–Crippen LogP) is 2.06. The first-order valence-corrected chi connectivity index (χ1v) is 7.54. The summed E-state index contributed by atoms with van der Waals surface area (Å²) in [6.45, 7) is 9.17. The van der Waals surface area contributed by atoms with Crippen molar-refractivity contribution in [2.24, 2.45) is 11.8 Å². The third-order valence-corrected chi connectivity index (χ3v) is 3.92. The number of hydrogen-bond acceptors (Lipinski definition) is 3. The van der Waals surface area contributed by atoms with Crippen molar-refractivity contribution in [3.63, 3.8) is 0 Å². The summed E-state index contributed by atoms with van der Waals surface area (Å²) in [6, 6.07) is 0. The normalized spacial score (nSPS) is 24.7. The first kappa shape index (κ1) is 15.9. The Balaban J connectivity index is 2.30. The highest BCUT2D eigenvalue weighted by Gasteiger charge is 2.25. The van der Waals surface area contributed by atoms with Gasteiger partial charge in [-0.15, -0.1) is 0 Å². The molecule has 3 heteroatoms. The average molecular weight is 256 g/mol. The van der Waals surface area contributed by atoms with E-state index in [1.54, 1.807) is 0 Å². The Labute approximate surface area is 113 Å². The topological polar surface area (TPSA) is 26.7 Å². The maximum absolute atomic E-state index is 9.88. The van der Waals surface area contributed by atoms with Crippen molar-refractivity contribution in [3.05, 3.63) is 0 Å². The van der Waals surface area contributed by atoms with Crippen LogP contribution in [-0.2, 0) is 0 Å². The molecule has 0 aliphatic heterocycles. The van der Waals surface area contributed by atoms with E-state index in [9.17, 15) is 5.11 Å². The van der Waals surface area contributed by atoms with Crippen molar-refractivity contribution in [1.29, 1.82) is 0 Å². The van der Waals surface area contributed by atoms with Gasteiger partial charge in [-0.3, -0.25) is 0 Å². The van der Waals surface area contributed by atoms with Gasteiger partial charge in [0.25, 0.3) is 0 Å². The molecule has 2 atom stereocenters. The van der Waals surface area contributed by atoms with Crippen LogP contribution in [0.2, 0.25) is 0 Å². The molecule has 1 N–H and O–H groups in total. The van der Waals surface area contributed by atoms with Crippen LogP contribution in [0.1, 0.15) is 39.5 Å². The third kappa shape index (κ3) is 6.17. The molecular weight excluding hydrogens is 224 g/mol. The Morgan fingerprint density at radius 1 is 1.11 bits per heavy atom. The van der Waals surface area contributed by atoms with Gasteiger partial charge in [-0.05, 0) is 51.7 Å². The van der Waals surface area contributed by atoms with E-state index in [0.29, 0.717) is 5.92 Å². The molecule has 0 amide bonds. The quantitative estimate of drug-likeness (QED) is 0.720. The Kier molecular flexibility index (Phi) is 7.20. The zero-order valence-electron chi connectivity index (χ0n) is 12.7. The monoisotopic (exact) mass is 256 g/mol. The van der Waals surface area contributed by atoms with E-state index in [-0.39, 0.29) is 6.10 Å². The lowest BCUT2D eigenvalue weighted by Crippen LogP contribution is -2.36. The Morgan fingerprint density at radius 2 is 1.83 bits per heavy atom. The molecule has 0 bridgehead atoms. The van der Waals surface area contributed by atoms with Gasteiger partial charge in [-0.25, -0.2) is 0 Å². The summed E-state index contributed by atoms with van der Waals surface area (Å²) in [5.41, 5.74) is 0. The number of likely N-dealkylation sites (N-methyl/N-ethyl adjacent to an activating group) is 1. The maximum atomic E-state index is 9.88.